The summed E-state index contributed by atoms with van der Waals surface area (Å²) in [5.41, 5.74) is 1.04. The lowest BCUT2D eigenvalue weighted by atomic mass is 9.96. The van der Waals surface area contributed by atoms with Crippen LogP contribution in [0.1, 0.15) is 49.9 Å². The third-order valence-corrected chi connectivity index (χ3v) is 4.45. The predicted molar refractivity (Wildman–Crippen MR) is 96.9 cm³/mol. The van der Waals surface area contributed by atoms with Crippen LogP contribution in [0.2, 0.25) is 0 Å². The summed E-state index contributed by atoms with van der Waals surface area (Å²) < 4.78 is 5.43. The average Bonchev–Trinajstić information content (AvgIpc) is 3.08. The van der Waals surface area contributed by atoms with Crippen molar-refractivity contribution >= 4 is 12.0 Å². The first kappa shape index (κ1) is 17.4. The number of hydrogen-bond donors (Lipinski definition) is 0. The molecule has 1 aliphatic rings. The lowest BCUT2D eigenvalue weighted by Crippen LogP contribution is -2.36. The summed E-state index contributed by atoms with van der Waals surface area (Å²) in [6, 6.07) is 9.87. The fourth-order valence-electron chi connectivity index (χ4n) is 3.07. The number of nitrogens with zero attached hydrogens (tertiary/aromatic N) is 3. The number of carbonyl (C=O) groups is 1. The molecule has 0 radical (unpaired) electrons. The van der Waals surface area contributed by atoms with Gasteiger partial charge in [-0.05, 0) is 30.4 Å². The normalized spacial score (nSPS) is 16.0. The molecule has 0 spiro atoms. The highest BCUT2D eigenvalue weighted by Crippen LogP contribution is 2.27. The lowest BCUT2D eigenvalue weighted by Gasteiger charge is -2.29. The van der Waals surface area contributed by atoms with E-state index < -0.39 is 0 Å². The third-order valence-electron chi connectivity index (χ3n) is 4.45. The van der Waals surface area contributed by atoms with E-state index in [9.17, 15) is 4.79 Å². The predicted octanol–water partition coefficient (Wildman–Crippen LogP) is 3.69. The number of hydrogen-bond acceptors (Lipinski definition) is 4. The summed E-state index contributed by atoms with van der Waals surface area (Å²) in [7, 11) is 0. The van der Waals surface area contributed by atoms with Crippen molar-refractivity contribution < 1.29 is 9.32 Å². The highest BCUT2D eigenvalue weighted by Gasteiger charge is 2.26. The van der Waals surface area contributed by atoms with Gasteiger partial charge in [0.1, 0.15) is 0 Å². The van der Waals surface area contributed by atoms with Gasteiger partial charge in [-0.25, -0.2) is 0 Å². The van der Waals surface area contributed by atoms with Gasteiger partial charge < -0.3 is 9.42 Å². The topological polar surface area (TPSA) is 59.2 Å². The monoisotopic (exact) mass is 339 g/mol. The summed E-state index contributed by atoms with van der Waals surface area (Å²) in [4.78, 5) is 18.7. The van der Waals surface area contributed by atoms with Gasteiger partial charge >= 0.3 is 0 Å². The molecule has 1 aromatic carbocycles. The number of carbonyl (C=O) groups excluding carboxylic acids is 1. The Morgan fingerprint density at radius 2 is 2.00 bits per heavy atom. The number of amides is 1. The summed E-state index contributed by atoms with van der Waals surface area (Å²) in [5, 5.41) is 4.07. The van der Waals surface area contributed by atoms with Gasteiger partial charge in [0.2, 0.25) is 11.8 Å². The van der Waals surface area contributed by atoms with Gasteiger partial charge in [0.05, 0.1) is 0 Å². The van der Waals surface area contributed by atoms with Crippen LogP contribution < -0.4 is 0 Å². The molecule has 1 aromatic heterocycles. The molecule has 5 heteroatoms. The van der Waals surface area contributed by atoms with Crippen LogP contribution in [0.4, 0.5) is 0 Å². The smallest absolute Gasteiger partial charge is 0.246 e. The van der Waals surface area contributed by atoms with Gasteiger partial charge in [-0.15, -0.1) is 0 Å². The Kier molecular flexibility index (Phi) is 5.64. The Hall–Kier alpha value is -2.43. The van der Waals surface area contributed by atoms with Crippen molar-refractivity contribution in [3.63, 3.8) is 0 Å². The Labute approximate surface area is 148 Å². The molecule has 25 heavy (non-hydrogen) atoms. The second-order valence-electron chi connectivity index (χ2n) is 6.99. The number of rotatable bonds is 5. The van der Waals surface area contributed by atoms with Crippen LogP contribution >= 0.6 is 0 Å². The van der Waals surface area contributed by atoms with Crippen molar-refractivity contribution in [2.24, 2.45) is 5.92 Å². The van der Waals surface area contributed by atoms with Crippen LogP contribution in [0.25, 0.3) is 6.08 Å². The number of likely N-dealkylation sites (tertiary alicyclic amines) is 1. The molecule has 1 amide bonds. The molecule has 132 valence electrons. The maximum atomic E-state index is 12.3. The maximum absolute atomic E-state index is 12.3. The third kappa shape index (κ3) is 4.78. The SMILES string of the molecule is CC(C)Cc1noc(C2CCN(C(=O)/C=C/c3ccccc3)CC2)n1. The second-order valence-corrected chi connectivity index (χ2v) is 6.99. The van der Waals surface area contributed by atoms with Gasteiger partial charge in [-0.3, -0.25) is 4.79 Å². The van der Waals surface area contributed by atoms with Crippen LogP contribution in [0, 0.1) is 5.92 Å². The Morgan fingerprint density at radius 3 is 2.68 bits per heavy atom. The highest BCUT2D eigenvalue weighted by atomic mass is 16.5. The zero-order chi connectivity index (χ0) is 17.6. The van der Waals surface area contributed by atoms with E-state index in [0.29, 0.717) is 5.92 Å². The molecule has 2 aromatic rings. The van der Waals surface area contributed by atoms with E-state index in [-0.39, 0.29) is 11.8 Å². The molecular formula is C20H25N3O2. The van der Waals surface area contributed by atoms with E-state index in [1.807, 2.05) is 41.3 Å². The number of benzene rings is 1. The summed E-state index contributed by atoms with van der Waals surface area (Å²) >= 11 is 0. The molecule has 5 nitrogen and oxygen atoms in total. The van der Waals surface area contributed by atoms with Gasteiger partial charge in [0.25, 0.3) is 0 Å². The Bertz CT molecular complexity index is 714. The molecular weight excluding hydrogens is 314 g/mol. The minimum Gasteiger partial charge on any atom is -0.339 e. The fourth-order valence-corrected chi connectivity index (χ4v) is 3.07. The number of aromatic nitrogens is 2. The Morgan fingerprint density at radius 1 is 1.28 bits per heavy atom. The van der Waals surface area contributed by atoms with Crippen LogP contribution in [0.15, 0.2) is 40.9 Å². The maximum Gasteiger partial charge on any atom is 0.246 e. The van der Waals surface area contributed by atoms with Gasteiger partial charge in [0, 0.05) is 31.5 Å². The lowest BCUT2D eigenvalue weighted by molar-refractivity contribution is -0.127. The molecule has 1 fully saturated rings. The molecule has 0 saturated carbocycles. The molecule has 2 heterocycles. The first-order valence-electron chi connectivity index (χ1n) is 8.96. The average molecular weight is 339 g/mol. The van der Waals surface area contributed by atoms with E-state index >= 15 is 0 Å². The summed E-state index contributed by atoms with van der Waals surface area (Å²) in [5.74, 6) is 2.35. The second kappa shape index (κ2) is 8.10. The van der Waals surface area contributed by atoms with E-state index in [4.69, 9.17) is 4.52 Å². The van der Waals surface area contributed by atoms with Crippen LogP contribution in [0.5, 0.6) is 0 Å². The van der Waals surface area contributed by atoms with Crippen molar-refractivity contribution in [2.75, 3.05) is 13.1 Å². The molecule has 0 atom stereocenters. The minimum absolute atomic E-state index is 0.0633. The zero-order valence-corrected chi connectivity index (χ0v) is 14.9. The standard InChI is InChI=1S/C20H25N3O2/c1-15(2)14-18-21-20(25-22-18)17-10-12-23(13-11-17)19(24)9-8-16-6-4-3-5-7-16/h3-9,15,17H,10-14H2,1-2H3/b9-8+. The van der Waals surface area contributed by atoms with Crippen LogP contribution in [0.3, 0.4) is 0 Å². The van der Waals surface area contributed by atoms with E-state index in [0.717, 1.165) is 49.6 Å². The van der Waals surface area contributed by atoms with Gasteiger partial charge in [0.15, 0.2) is 5.82 Å². The zero-order valence-electron chi connectivity index (χ0n) is 14.9. The van der Waals surface area contributed by atoms with Crippen molar-refractivity contribution in [1.29, 1.82) is 0 Å². The van der Waals surface area contributed by atoms with Crippen LogP contribution in [-0.4, -0.2) is 34.0 Å². The van der Waals surface area contributed by atoms with E-state index in [2.05, 4.69) is 24.0 Å². The molecule has 0 N–H and O–H groups in total. The van der Waals surface area contributed by atoms with Gasteiger partial charge in [-0.2, -0.15) is 4.98 Å². The summed E-state index contributed by atoms with van der Waals surface area (Å²) in [6.07, 6.45) is 6.10. The molecule has 1 aliphatic heterocycles. The highest BCUT2D eigenvalue weighted by molar-refractivity contribution is 5.91. The summed E-state index contributed by atoms with van der Waals surface area (Å²) in [6.45, 7) is 5.74. The largest absolute Gasteiger partial charge is 0.339 e. The van der Waals surface area contributed by atoms with Crippen molar-refractivity contribution in [3.05, 3.63) is 53.7 Å². The van der Waals surface area contributed by atoms with Crippen molar-refractivity contribution in [1.82, 2.24) is 15.0 Å². The van der Waals surface area contributed by atoms with Gasteiger partial charge in [-0.1, -0.05) is 49.3 Å². The van der Waals surface area contributed by atoms with Crippen molar-refractivity contribution in [3.8, 4) is 0 Å². The molecule has 0 aliphatic carbocycles. The fraction of sp³-hybridized carbons (Fsp3) is 0.450. The van der Waals surface area contributed by atoms with E-state index in [1.165, 1.54) is 0 Å². The minimum atomic E-state index is 0.0633. The molecule has 3 rings (SSSR count). The molecule has 0 unspecified atom stereocenters. The van der Waals surface area contributed by atoms with Crippen molar-refractivity contribution in [2.45, 2.75) is 39.0 Å². The van der Waals surface area contributed by atoms with E-state index in [1.54, 1.807) is 6.08 Å². The molecule has 1 saturated heterocycles. The Balaban J connectivity index is 1.52. The first-order valence-corrected chi connectivity index (χ1v) is 8.96. The van der Waals surface area contributed by atoms with Crippen LogP contribution in [-0.2, 0) is 11.2 Å². The molecule has 0 bridgehead atoms. The first-order chi connectivity index (χ1) is 12.1. The quantitative estimate of drug-likeness (QED) is 0.780. The number of piperidine rings is 1.